The largest absolute Gasteiger partial charge is 0.346 e. The lowest BCUT2D eigenvalue weighted by atomic mass is 10.1. The Balaban J connectivity index is 1.94. The molecule has 0 spiro atoms. The second-order valence-corrected chi connectivity index (χ2v) is 4.96. The smallest absolute Gasteiger partial charge is 0.244 e. The quantitative estimate of drug-likeness (QED) is 0.837. The van der Waals surface area contributed by atoms with Gasteiger partial charge in [-0.15, -0.1) is 0 Å². The normalized spacial score (nSPS) is 12.3. The molecule has 2 nitrogen and oxygen atoms in total. The molecule has 2 aromatic carbocycles. The second kappa shape index (κ2) is 6.92. The highest BCUT2D eigenvalue weighted by atomic mass is 35.5. The Morgan fingerprint density at radius 1 is 1.10 bits per heavy atom. The molecule has 1 atom stereocenters. The van der Waals surface area contributed by atoms with E-state index in [0.717, 1.165) is 11.1 Å². The Kier molecular flexibility index (Phi) is 4.97. The molecule has 102 valence electrons. The van der Waals surface area contributed by atoms with Crippen LogP contribution in [0.15, 0.2) is 60.7 Å². The molecule has 0 aliphatic heterocycles. The number of carbonyl (C=O) groups excluding carboxylic acids is 1. The van der Waals surface area contributed by atoms with Gasteiger partial charge in [0.25, 0.3) is 0 Å². The van der Waals surface area contributed by atoms with E-state index in [1.54, 1.807) is 18.2 Å². The van der Waals surface area contributed by atoms with Gasteiger partial charge >= 0.3 is 0 Å². The average molecular weight is 286 g/mol. The monoisotopic (exact) mass is 285 g/mol. The van der Waals surface area contributed by atoms with E-state index in [0.29, 0.717) is 5.02 Å². The number of amides is 1. The summed E-state index contributed by atoms with van der Waals surface area (Å²) in [5, 5.41) is 3.61. The lowest BCUT2D eigenvalue weighted by molar-refractivity contribution is -0.117. The van der Waals surface area contributed by atoms with Crippen LogP contribution in [0, 0.1) is 0 Å². The van der Waals surface area contributed by atoms with Crippen molar-refractivity contribution in [3.63, 3.8) is 0 Å². The topological polar surface area (TPSA) is 29.1 Å². The minimum Gasteiger partial charge on any atom is -0.346 e. The van der Waals surface area contributed by atoms with E-state index >= 15 is 0 Å². The summed E-state index contributed by atoms with van der Waals surface area (Å²) in [6.07, 6.45) is 3.30. The molecule has 0 aromatic heterocycles. The highest BCUT2D eigenvalue weighted by Crippen LogP contribution is 2.12. The molecule has 1 N–H and O–H groups in total. The first-order chi connectivity index (χ1) is 9.65. The van der Waals surface area contributed by atoms with Crippen molar-refractivity contribution in [1.82, 2.24) is 5.32 Å². The Bertz CT molecular complexity index is 590. The average Bonchev–Trinajstić information content (AvgIpc) is 2.47. The molecule has 0 aliphatic carbocycles. The molecule has 2 rings (SSSR count). The maximum Gasteiger partial charge on any atom is 0.244 e. The highest BCUT2D eigenvalue weighted by molar-refractivity contribution is 6.30. The van der Waals surface area contributed by atoms with Gasteiger partial charge in [0.1, 0.15) is 0 Å². The van der Waals surface area contributed by atoms with Crippen LogP contribution in [0.4, 0.5) is 0 Å². The summed E-state index contributed by atoms with van der Waals surface area (Å²) in [5.74, 6) is -0.115. The Morgan fingerprint density at radius 2 is 1.75 bits per heavy atom. The third kappa shape index (κ3) is 4.25. The van der Waals surface area contributed by atoms with E-state index in [1.165, 1.54) is 6.08 Å². The zero-order valence-corrected chi connectivity index (χ0v) is 12.0. The number of rotatable bonds is 4. The van der Waals surface area contributed by atoms with Gasteiger partial charge in [-0.3, -0.25) is 4.79 Å². The Morgan fingerprint density at radius 3 is 2.40 bits per heavy atom. The molecule has 0 saturated heterocycles. The lowest BCUT2D eigenvalue weighted by Crippen LogP contribution is -2.24. The molecule has 0 aliphatic rings. The first kappa shape index (κ1) is 14.4. The van der Waals surface area contributed by atoms with Crippen LogP contribution in [0.2, 0.25) is 5.02 Å². The first-order valence-corrected chi connectivity index (χ1v) is 6.82. The van der Waals surface area contributed by atoms with Gasteiger partial charge in [0.15, 0.2) is 0 Å². The molecule has 20 heavy (non-hydrogen) atoms. The number of hydrogen-bond donors (Lipinski definition) is 1. The summed E-state index contributed by atoms with van der Waals surface area (Å²) in [4.78, 5) is 11.8. The van der Waals surface area contributed by atoms with Gasteiger partial charge in [0.05, 0.1) is 6.04 Å². The molecule has 3 heteroatoms. The van der Waals surface area contributed by atoms with Crippen LogP contribution in [0.5, 0.6) is 0 Å². The molecular weight excluding hydrogens is 270 g/mol. The predicted molar refractivity (Wildman–Crippen MR) is 83.5 cm³/mol. The fourth-order valence-corrected chi connectivity index (χ4v) is 1.96. The van der Waals surface area contributed by atoms with Crippen molar-refractivity contribution in [2.75, 3.05) is 0 Å². The third-order valence-electron chi connectivity index (χ3n) is 2.96. The molecule has 2 aromatic rings. The van der Waals surface area contributed by atoms with Crippen LogP contribution in [0.3, 0.4) is 0 Å². The lowest BCUT2D eigenvalue weighted by Gasteiger charge is -2.12. The standard InChI is InChI=1S/C17H16ClNO/c1-13(15-5-3-2-4-6-15)19-17(20)12-9-14-7-10-16(18)11-8-14/h2-13H,1H3,(H,19,20)/b12-9+/t13-/m1/s1. The van der Waals surface area contributed by atoms with E-state index in [-0.39, 0.29) is 11.9 Å². The van der Waals surface area contributed by atoms with E-state index in [9.17, 15) is 4.79 Å². The maximum absolute atomic E-state index is 11.8. The summed E-state index contributed by atoms with van der Waals surface area (Å²) in [6.45, 7) is 1.96. The molecule has 0 saturated carbocycles. The number of halogens is 1. The summed E-state index contributed by atoms with van der Waals surface area (Å²) < 4.78 is 0. The molecule has 0 unspecified atom stereocenters. The maximum atomic E-state index is 11.8. The van der Waals surface area contributed by atoms with E-state index in [2.05, 4.69) is 5.32 Å². The Labute approximate surface area is 124 Å². The van der Waals surface area contributed by atoms with Gasteiger partial charge in [-0.2, -0.15) is 0 Å². The van der Waals surface area contributed by atoms with E-state index in [1.807, 2.05) is 49.4 Å². The predicted octanol–water partition coefficient (Wildman–Crippen LogP) is 4.23. The van der Waals surface area contributed by atoms with Crippen LogP contribution in [0.25, 0.3) is 6.08 Å². The minimum absolute atomic E-state index is 0.0152. The first-order valence-electron chi connectivity index (χ1n) is 6.44. The molecule has 1 amide bonds. The van der Waals surface area contributed by atoms with Crippen LogP contribution in [-0.4, -0.2) is 5.91 Å². The summed E-state index contributed by atoms with van der Waals surface area (Å²) in [7, 11) is 0. The van der Waals surface area contributed by atoms with Crippen molar-refractivity contribution in [3.8, 4) is 0 Å². The van der Waals surface area contributed by atoms with Crippen molar-refractivity contribution in [3.05, 3.63) is 76.8 Å². The van der Waals surface area contributed by atoms with E-state index < -0.39 is 0 Å². The number of hydrogen-bond acceptors (Lipinski definition) is 1. The SMILES string of the molecule is C[C@@H](NC(=O)/C=C/c1ccc(Cl)cc1)c1ccccc1. The van der Waals surface area contributed by atoms with Gasteiger partial charge in [-0.1, -0.05) is 54.1 Å². The molecule has 0 fully saturated rings. The zero-order chi connectivity index (χ0) is 14.4. The second-order valence-electron chi connectivity index (χ2n) is 4.53. The number of nitrogens with one attached hydrogen (secondary N) is 1. The molecular formula is C17H16ClNO. The third-order valence-corrected chi connectivity index (χ3v) is 3.21. The fraction of sp³-hybridized carbons (Fsp3) is 0.118. The number of benzene rings is 2. The minimum atomic E-state index is -0.115. The molecule has 0 bridgehead atoms. The van der Waals surface area contributed by atoms with Crippen molar-refractivity contribution in [2.24, 2.45) is 0 Å². The number of carbonyl (C=O) groups is 1. The fourth-order valence-electron chi connectivity index (χ4n) is 1.83. The highest BCUT2D eigenvalue weighted by Gasteiger charge is 2.06. The van der Waals surface area contributed by atoms with Gasteiger partial charge in [-0.25, -0.2) is 0 Å². The molecule has 0 radical (unpaired) electrons. The van der Waals surface area contributed by atoms with Crippen LogP contribution in [0.1, 0.15) is 24.1 Å². The van der Waals surface area contributed by atoms with Crippen molar-refractivity contribution in [2.45, 2.75) is 13.0 Å². The van der Waals surface area contributed by atoms with Crippen molar-refractivity contribution >= 4 is 23.6 Å². The summed E-state index contributed by atoms with van der Waals surface area (Å²) >= 11 is 5.81. The van der Waals surface area contributed by atoms with E-state index in [4.69, 9.17) is 11.6 Å². The van der Waals surface area contributed by atoms with Crippen LogP contribution in [-0.2, 0) is 4.79 Å². The zero-order valence-electron chi connectivity index (χ0n) is 11.2. The summed E-state index contributed by atoms with van der Waals surface area (Å²) in [6, 6.07) is 17.2. The van der Waals surface area contributed by atoms with Gasteiger partial charge < -0.3 is 5.32 Å². The Hall–Kier alpha value is -2.06. The van der Waals surface area contributed by atoms with Crippen molar-refractivity contribution in [1.29, 1.82) is 0 Å². The molecule has 0 heterocycles. The van der Waals surface area contributed by atoms with Gasteiger partial charge in [0, 0.05) is 11.1 Å². The van der Waals surface area contributed by atoms with Crippen LogP contribution >= 0.6 is 11.6 Å². The van der Waals surface area contributed by atoms with Crippen molar-refractivity contribution < 1.29 is 4.79 Å². The van der Waals surface area contributed by atoms with Gasteiger partial charge in [-0.05, 0) is 36.3 Å². The van der Waals surface area contributed by atoms with Gasteiger partial charge in [0.2, 0.25) is 5.91 Å². The summed E-state index contributed by atoms with van der Waals surface area (Å²) in [5.41, 5.74) is 2.03. The van der Waals surface area contributed by atoms with Crippen LogP contribution < -0.4 is 5.32 Å².